The van der Waals surface area contributed by atoms with Crippen LogP contribution in [-0.2, 0) is 14.3 Å². The fraction of sp³-hybridized carbons (Fsp3) is 0.500. The van der Waals surface area contributed by atoms with Crippen LogP contribution < -0.4 is 15.5 Å². The van der Waals surface area contributed by atoms with Crippen molar-refractivity contribution in [2.45, 2.75) is 52.9 Å². The number of hydrogen-bond donors (Lipinski definition) is 4. The summed E-state index contributed by atoms with van der Waals surface area (Å²) in [6.45, 7) is 6.26. The molecule has 0 fully saturated rings. The van der Waals surface area contributed by atoms with Gasteiger partial charge in [0.15, 0.2) is 6.61 Å². The second-order valence-corrected chi connectivity index (χ2v) is 6.57. The van der Waals surface area contributed by atoms with Gasteiger partial charge < -0.3 is 19.9 Å². The van der Waals surface area contributed by atoms with Gasteiger partial charge in [0.1, 0.15) is 17.4 Å². The van der Waals surface area contributed by atoms with E-state index >= 15 is 0 Å². The molecule has 2 atom stereocenters. The molecule has 0 spiro atoms. The first-order valence-electron chi connectivity index (χ1n) is 7.91. The summed E-state index contributed by atoms with van der Waals surface area (Å²) in [6, 6.07) is 4.49. The van der Waals surface area contributed by atoms with Gasteiger partial charge in [-0.2, -0.15) is 0 Å². The molecule has 9 heteroatoms. The molecule has 1 aromatic carbocycles. The van der Waals surface area contributed by atoms with Crippen LogP contribution in [0.25, 0.3) is 0 Å². The maximum Gasteiger partial charge on any atom is 0.344 e. The van der Waals surface area contributed by atoms with Gasteiger partial charge in [0.25, 0.3) is 11.8 Å². The van der Waals surface area contributed by atoms with Gasteiger partial charge in [0, 0.05) is 5.56 Å². The summed E-state index contributed by atoms with van der Waals surface area (Å²) >= 11 is 0. The third kappa shape index (κ3) is 8.52. The van der Waals surface area contributed by atoms with Crippen LogP contribution in [0.4, 0.5) is 0 Å². The number of hydroxylamine groups is 1. The van der Waals surface area contributed by atoms with Crippen LogP contribution in [-0.4, -0.2) is 52.5 Å². The Kier molecular flexibility index (Phi) is 9.46. The number of carbonyl (C=O) groups is 3. The van der Waals surface area contributed by atoms with Crippen LogP contribution in [0, 0.1) is 0 Å². The number of amides is 2. The van der Waals surface area contributed by atoms with Gasteiger partial charge in [-0.05, 0) is 52.0 Å². The van der Waals surface area contributed by atoms with Crippen molar-refractivity contribution in [2.75, 3.05) is 6.61 Å². The Morgan fingerprint density at radius 1 is 1.15 bits per heavy atom. The molecule has 0 radical (unpaired) electrons. The molecule has 27 heavy (non-hydrogen) atoms. The van der Waals surface area contributed by atoms with E-state index in [0.717, 1.165) is 0 Å². The van der Waals surface area contributed by atoms with Crippen LogP contribution in [0.2, 0.25) is 0 Å². The van der Waals surface area contributed by atoms with E-state index < -0.39 is 35.5 Å². The number of carbonyl (C=O) groups excluding carboxylic acids is 3. The maximum absolute atomic E-state index is 12.1. The molecule has 2 amide bonds. The van der Waals surface area contributed by atoms with Gasteiger partial charge in [0.05, 0.1) is 6.10 Å². The molecule has 0 aliphatic heterocycles. The highest BCUT2D eigenvalue weighted by Gasteiger charge is 2.25. The van der Waals surface area contributed by atoms with Crippen molar-refractivity contribution in [1.82, 2.24) is 10.8 Å². The van der Waals surface area contributed by atoms with E-state index in [9.17, 15) is 19.5 Å². The zero-order valence-electron chi connectivity index (χ0n) is 15.1. The highest BCUT2D eigenvalue weighted by atomic mass is 16.6. The molecule has 152 valence electrons. The number of benzene rings is 1. The van der Waals surface area contributed by atoms with Crippen molar-refractivity contribution in [3.63, 3.8) is 0 Å². The summed E-state index contributed by atoms with van der Waals surface area (Å²) in [7, 11) is 0. The lowest BCUT2D eigenvalue weighted by atomic mass is 10.1. The lowest BCUT2D eigenvalue weighted by Gasteiger charge is -2.20. The van der Waals surface area contributed by atoms with E-state index in [-0.39, 0.29) is 19.6 Å². The summed E-state index contributed by atoms with van der Waals surface area (Å²) < 4.78 is 10.4. The number of aliphatic hydroxyl groups excluding tert-OH is 1. The lowest BCUT2D eigenvalue weighted by Crippen LogP contribution is -2.51. The third-order valence-corrected chi connectivity index (χ3v) is 3.05. The van der Waals surface area contributed by atoms with E-state index in [1.54, 1.807) is 20.8 Å². The minimum absolute atomic E-state index is 0. The topological polar surface area (TPSA) is 134 Å². The summed E-state index contributed by atoms with van der Waals surface area (Å²) in [6.07, 6.45) is -1.21. The fourth-order valence-corrected chi connectivity index (χ4v) is 1.92. The fourth-order valence-electron chi connectivity index (χ4n) is 1.92. The smallest absolute Gasteiger partial charge is 0.344 e. The first-order chi connectivity index (χ1) is 12.0. The molecule has 0 bridgehead atoms. The van der Waals surface area contributed by atoms with Gasteiger partial charge in [-0.15, -0.1) is 0 Å². The van der Waals surface area contributed by atoms with Crippen LogP contribution >= 0.6 is 0 Å². The zero-order chi connectivity index (χ0) is 19.9. The number of ether oxygens (including phenoxy) is 2. The minimum Gasteiger partial charge on any atom is -0.482 e. The molecule has 0 heterocycles. The first-order valence-corrected chi connectivity index (χ1v) is 7.91. The van der Waals surface area contributed by atoms with Crippen molar-refractivity contribution in [3.8, 4) is 5.75 Å². The van der Waals surface area contributed by atoms with E-state index in [2.05, 4.69) is 5.32 Å². The van der Waals surface area contributed by atoms with Crippen molar-refractivity contribution < 1.29 is 34.2 Å². The summed E-state index contributed by atoms with van der Waals surface area (Å²) in [5, 5.41) is 20.4. The van der Waals surface area contributed by atoms with Crippen LogP contribution in [0.5, 0.6) is 5.75 Å². The second-order valence-electron chi connectivity index (χ2n) is 6.57. The predicted octanol–water partition coefficient (Wildman–Crippen LogP) is 1.03. The summed E-state index contributed by atoms with van der Waals surface area (Å²) in [4.78, 5) is 35.1. The van der Waals surface area contributed by atoms with Gasteiger partial charge in [-0.3, -0.25) is 14.8 Å². The molecular weight excluding hydrogens is 356 g/mol. The van der Waals surface area contributed by atoms with Gasteiger partial charge in [0.2, 0.25) is 0 Å². The number of esters is 1. The quantitative estimate of drug-likeness (QED) is 0.313. The average Bonchev–Trinajstić information content (AvgIpc) is 2.55. The standard InChI is InChI=1S/C17H24N2O7.CH4/c1-10(20)14(16(23)19-24)18-15(22)11-5-7-12(8-6-11)25-9-13(21)26-17(2,3)4;/h5-8,10,14,20,24H,9H2,1-4H3,(H,18,22)(H,19,23);1H4/t10-,14+;/m1./s1. The molecule has 0 aliphatic carbocycles. The van der Waals surface area contributed by atoms with Crippen LogP contribution in [0.15, 0.2) is 24.3 Å². The summed E-state index contributed by atoms with van der Waals surface area (Å²) in [5.74, 6) is -1.73. The van der Waals surface area contributed by atoms with E-state index in [1.165, 1.54) is 36.7 Å². The highest BCUT2D eigenvalue weighted by molar-refractivity contribution is 5.97. The highest BCUT2D eigenvalue weighted by Crippen LogP contribution is 2.13. The third-order valence-electron chi connectivity index (χ3n) is 3.05. The van der Waals surface area contributed by atoms with Crippen LogP contribution in [0.1, 0.15) is 45.5 Å². The van der Waals surface area contributed by atoms with Gasteiger partial charge >= 0.3 is 5.97 Å². The Morgan fingerprint density at radius 2 is 1.70 bits per heavy atom. The molecule has 0 saturated carbocycles. The second kappa shape index (κ2) is 10.5. The number of hydrogen-bond acceptors (Lipinski definition) is 7. The van der Waals surface area contributed by atoms with E-state index in [4.69, 9.17) is 14.7 Å². The molecule has 0 aliphatic rings. The zero-order valence-corrected chi connectivity index (χ0v) is 15.1. The molecule has 1 rings (SSSR count). The largest absolute Gasteiger partial charge is 0.482 e. The van der Waals surface area contributed by atoms with E-state index in [0.29, 0.717) is 5.75 Å². The van der Waals surface area contributed by atoms with Crippen molar-refractivity contribution in [1.29, 1.82) is 0 Å². The Morgan fingerprint density at radius 3 is 2.15 bits per heavy atom. The Hall–Kier alpha value is -2.65. The predicted molar refractivity (Wildman–Crippen MR) is 97.4 cm³/mol. The van der Waals surface area contributed by atoms with Gasteiger partial charge in [-0.25, -0.2) is 10.3 Å². The van der Waals surface area contributed by atoms with Crippen molar-refractivity contribution >= 4 is 17.8 Å². The number of rotatable bonds is 7. The SMILES string of the molecule is C.C[C@@H](O)[C@H](NC(=O)c1ccc(OCC(=O)OC(C)(C)C)cc1)C(=O)NO. The molecule has 0 saturated heterocycles. The maximum atomic E-state index is 12.1. The number of aliphatic hydroxyl groups is 1. The Balaban J connectivity index is 0.00000676. The molecule has 0 unspecified atom stereocenters. The summed E-state index contributed by atoms with van der Waals surface area (Å²) in [5.41, 5.74) is 0.971. The Labute approximate surface area is 158 Å². The lowest BCUT2D eigenvalue weighted by molar-refractivity contribution is -0.157. The normalized spacial score (nSPS) is 12.8. The first kappa shape index (κ1) is 24.4. The molecule has 0 aromatic heterocycles. The Bertz CT molecular complexity index is 636. The molecule has 9 nitrogen and oxygen atoms in total. The molecular formula is C18H28N2O7. The molecule has 1 aromatic rings. The van der Waals surface area contributed by atoms with Crippen molar-refractivity contribution in [2.24, 2.45) is 0 Å². The minimum atomic E-state index is -1.31. The average molecular weight is 384 g/mol. The van der Waals surface area contributed by atoms with Crippen LogP contribution in [0.3, 0.4) is 0 Å². The molecule has 4 N–H and O–H groups in total. The number of nitrogens with one attached hydrogen (secondary N) is 2. The monoisotopic (exact) mass is 384 g/mol. The van der Waals surface area contributed by atoms with Crippen molar-refractivity contribution in [3.05, 3.63) is 29.8 Å². The van der Waals surface area contributed by atoms with E-state index in [1.807, 2.05) is 0 Å². The van der Waals surface area contributed by atoms with Gasteiger partial charge in [-0.1, -0.05) is 7.43 Å².